The molecule has 21 heavy (non-hydrogen) atoms. The van der Waals surface area contributed by atoms with E-state index in [1.165, 1.54) is 18.2 Å². The minimum absolute atomic E-state index is 0.0428. The molecule has 0 unspecified atom stereocenters. The molecule has 2 rings (SSSR count). The van der Waals surface area contributed by atoms with E-state index < -0.39 is 18.8 Å². The van der Waals surface area contributed by atoms with Crippen molar-refractivity contribution in [3.8, 4) is 11.5 Å². The van der Waals surface area contributed by atoms with Crippen LogP contribution in [0.1, 0.15) is 0 Å². The summed E-state index contributed by atoms with van der Waals surface area (Å²) in [4.78, 5) is 0. The summed E-state index contributed by atoms with van der Waals surface area (Å²) in [7, 11) is -1.52. The van der Waals surface area contributed by atoms with Crippen LogP contribution < -0.4 is 14.9 Å². The molecule has 0 fully saturated rings. The molecule has 0 amide bonds. The van der Waals surface area contributed by atoms with Gasteiger partial charge in [0.1, 0.15) is 24.8 Å². The van der Waals surface area contributed by atoms with Gasteiger partial charge in [0, 0.05) is 6.07 Å². The summed E-state index contributed by atoms with van der Waals surface area (Å²) < 4.78 is 36.4. The van der Waals surface area contributed by atoms with E-state index in [9.17, 15) is 8.78 Å². The maximum absolute atomic E-state index is 13.3. The second-order valence-corrected chi connectivity index (χ2v) is 4.21. The summed E-state index contributed by atoms with van der Waals surface area (Å²) in [5, 5.41) is 17.9. The predicted octanol–water partition coefficient (Wildman–Crippen LogP) is 1.10. The Morgan fingerprint density at radius 3 is 2.19 bits per heavy atom. The highest BCUT2D eigenvalue weighted by Crippen LogP contribution is 2.17. The zero-order valence-electron chi connectivity index (χ0n) is 11.0. The summed E-state index contributed by atoms with van der Waals surface area (Å²) in [6, 6.07) is 9.25. The number of halogens is 2. The molecule has 0 atom stereocenters. The monoisotopic (exact) mass is 294 g/mol. The quantitative estimate of drug-likeness (QED) is 0.619. The van der Waals surface area contributed by atoms with Gasteiger partial charge < -0.3 is 19.5 Å². The lowest BCUT2D eigenvalue weighted by Crippen LogP contribution is -2.29. The minimum atomic E-state index is -1.52. The van der Waals surface area contributed by atoms with E-state index in [4.69, 9.17) is 19.5 Å². The Labute approximate surface area is 120 Å². The van der Waals surface area contributed by atoms with Crippen LogP contribution in [0.15, 0.2) is 42.5 Å². The Morgan fingerprint density at radius 1 is 0.905 bits per heavy atom. The van der Waals surface area contributed by atoms with Gasteiger partial charge >= 0.3 is 7.12 Å². The number of hydrogen-bond acceptors (Lipinski definition) is 4. The van der Waals surface area contributed by atoms with Gasteiger partial charge in [-0.2, -0.15) is 0 Å². The molecule has 2 N–H and O–H groups in total. The molecule has 0 heterocycles. The van der Waals surface area contributed by atoms with Crippen LogP contribution in [0.2, 0.25) is 0 Å². The molecule has 110 valence electrons. The fourth-order valence-corrected chi connectivity index (χ4v) is 1.64. The molecule has 4 nitrogen and oxygen atoms in total. The van der Waals surface area contributed by atoms with Crippen molar-refractivity contribution in [1.82, 2.24) is 0 Å². The first kappa shape index (κ1) is 15.3. The Bertz CT molecular complexity index is 590. The molecular weight excluding hydrogens is 281 g/mol. The van der Waals surface area contributed by atoms with E-state index in [0.717, 1.165) is 12.1 Å². The first-order valence-electron chi connectivity index (χ1n) is 6.23. The number of benzene rings is 2. The highest BCUT2D eigenvalue weighted by Gasteiger charge is 2.10. The van der Waals surface area contributed by atoms with Crippen LogP contribution >= 0.6 is 0 Å². The largest absolute Gasteiger partial charge is 0.490 e. The maximum Gasteiger partial charge on any atom is 0.488 e. The van der Waals surface area contributed by atoms with E-state index in [0.29, 0.717) is 11.2 Å². The number of hydrogen-bond donors (Lipinski definition) is 2. The normalized spacial score (nSPS) is 10.3. The molecule has 0 bridgehead atoms. The first-order valence-corrected chi connectivity index (χ1v) is 6.23. The summed E-state index contributed by atoms with van der Waals surface area (Å²) in [5.41, 5.74) is 0.354. The molecule has 2 aromatic rings. The van der Waals surface area contributed by atoms with Crippen molar-refractivity contribution in [2.45, 2.75) is 0 Å². The van der Waals surface area contributed by atoms with Gasteiger partial charge in [-0.1, -0.05) is 12.1 Å². The van der Waals surface area contributed by atoms with Crippen LogP contribution in [0.3, 0.4) is 0 Å². The minimum Gasteiger partial charge on any atom is -0.490 e. The van der Waals surface area contributed by atoms with E-state index in [-0.39, 0.29) is 19.0 Å². The van der Waals surface area contributed by atoms with Gasteiger partial charge in [-0.15, -0.1) is 0 Å². The second-order valence-electron chi connectivity index (χ2n) is 4.21. The molecule has 0 aromatic heterocycles. The lowest BCUT2D eigenvalue weighted by Gasteiger charge is -2.09. The van der Waals surface area contributed by atoms with Crippen LogP contribution in [-0.4, -0.2) is 30.4 Å². The zero-order valence-corrected chi connectivity index (χ0v) is 11.0. The van der Waals surface area contributed by atoms with Crippen molar-refractivity contribution in [2.24, 2.45) is 0 Å². The summed E-state index contributed by atoms with van der Waals surface area (Å²) >= 11 is 0. The Hall–Kier alpha value is -2.12. The molecule has 7 heteroatoms. The topological polar surface area (TPSA) is 58.9 Å². The van der Waals surface area contributed by atoms with Crippen molar-refractivity contribution in [2.75, 3.05) is 13.2 Å². The third-order valence-electron chi connectivity index (χ3n) is 2.68. The van der Waals surface area contributed by atoms with E-state index in [1.807, 2.05) is 0 Å². The average molecular weight is 294 g/mol. The SMILES string of the molecule is OB(O)c1ccc(OCCOc2ccc(F)cc2F)cc1. The standard InChI is InChI=1S/C14H13BF2O4/c16-11-3-6-14(13(17)9-11)21-8-7-20-12-4-1-10(2-5-12)15(18)19/h1-6,9,18-19H,7-8H2. The van der Waals surface area contributed by atoms with Crippen molar-refractivity contribution < 1.29 is 28.3 Å². The Balaban J connectivity index is 1.79. The molecular formula is C14H13BF2O4. The van der Waals surface area contributed by atoms with Gasteiger partial charge in [0.2, 0.25) is 0 Å². The average Bonchev–Trinajstić information content (AvgIpc) is 2.46. The van der Waals surface area contributed by atoms with E-state index >= 15 is 0 Å². The van der Waals surface area contributed by atoms with Crippen LogP contribution in [-0.2, 0) is 0 Å². The summed E-state index contributed by atoms with van der Waals surface area (Å²) in [6.45, 7) is 0.255. The lowest BCUT2D eigenvalue weighted by atomic mass is 9.80. The molecule has 2 aromatic carbocycles. The van der Waals surface area contributed by atoms with Gasteiger partial charge in [-0.05, 0) is 29.7 Å². The smallest absolute Gasteiger partial charge is 0.488 e. The third-order valence-corrected chi connectivity index (χ3v) is 2.68. The molecule has 0 aliphatic carbocycles. The highest BCUT2D eigenvalue weighted by atomic mass is 19.1. The molecule has 0 saturated carbocycles. The van der Waals surface area contributed by atoms with Gasteiger partial charge in [0.15, 0.2) is 11.6 Å². The predicted molar refractivity (Wildman–Crippen MR) is 73.6 cm³/mol. The fourth-order valence-electron chi connectivity index (χ4n) is 1.64. The zero-order chi connectivity index (χ0) is 15.2. The van der Waals surface area contributed by atoms with E-state index in [2.05, 4.69) is 0 Å². The van der Waals surface area contributed by atoms with Crippen LogP contribution in [0.5, 0.6) is 11.5 Å². The van der Waals surface area contributed by atoms with Gasteiger partial charge in [0.25, 0.3) is 0 Å². The maximum atomic E-state index is 13.3. The Kier molecular flexibility index (Phi) is 5.13. The molecule has 0 aliphatic rings. The van der Waals surface area contributed by atoms with E-state index in [1.54, 1.807) is 12.1 Å². The van der Waals surface area contributed by atoms with Gasteiger partial charge in [-0.3, -0.25) is 0 Å². The fraction of sp³-hybridized carbons (Fsp3) is 0.143. The van der Waals surface area contributed by atoms with Crippen molar-refractivity contribution in [3.05, 3.63) is 54.1 Å². The second kappa shape index (κ2) is 7.05. The van der Waals surface area contributed by atoms with Crippen LogP contribution in [0.25, 0.3) is 0 Å². The molecule has 0 radical (unpaired) electrons. The Morgan fingerprint density at radius 2 is 1.57 bits per heavy atom. The first-order chi connectivity index (χ1) is 10.1. The summed E-state index contributed by atoms with van der Waals surface area (Å²) in [5.74, 6) is -0.958. The van der Waals surface area contributed by atoms with Crippen molar-refractivity contribution in [1.29, 1.82) is 0 Å². The molecule has 0 aliphatic heterocycles. The summed E-state index contributed by atoms with van der Waals surface area (Å²) in [6.07, 6.45) is 0. The third kappa shape index (κ3) is 4.44. The number of ether oxygens (including phenoxy) is 2. The number of rotatable bonds is 6. The molecule has 0 saturated heterocycles. The van der Waals surface area contributed by atoms with Crippen LogP contribution in [0.4, 0.5) is 8.78 Å². The van der Waals surface area contributed by atoms with Gasteiger partial charge in [0.05, 0.1) is 0 Å². The van der Waals surface area contributed by atoms with Crippen molar-refractivity contribution >= 4 is 12.6 Å². The van der Waals surface area contributed by atoms with Gasteiger partial charge in [-0.25, -0.2) is 8.78 Å². The highest BCUT2D eigenvalue weighted by molar-refractivity contribution is 6.58. The molecule has 0 spiro atoms. The van der Waals surface area contributed by atoms with Crippen molar-refractivity contribution in [3.63, 3.8) is 0 Å². The van der Waals surface area contributed by atoms with Crippen LogP contribution in [0, 0.1) is 11.6 Å². The lowest BCUT2D eigenvalue weighted by molar-refractivity contribution is 0.211.